The Kier molecular flexibility index (Phi) is 6.20. The minimum absolute atomic E-state index is 0.00406. The van der Waals surface area contributed by atoms with Crippen LogP contribution in [0.4, 0.5) is 0 Å². The number of hydrogen-bond acceptors (Lipinski definition) is 5. The molecule has 1 aliphatic rings. The number of aryl methyl sites for hydroxylation is 1. The highest BCUT2D eigenvalue weighted by atomic mass is 35.5. The fraction of sp³-hybridized carbons (Fsp3) is 0.667. The molecule has 0 aromatic carbocycles. The second-order valence-electron chi connectivity index (χ2n) is 6.31. The lowest BCUT2D eigenvalue weighted by Gasteiger charge is -2.36. The van der Waals surface area contributed by atoms with Crippen LogP contribution in [0.2, 0.25) is 5.02 Å². The van der Waals surface area contributed by atoms with E-state index in [1.807, 2.05) is 4.90 Å². The molecule has 1 aromatic rings. The summed E-state index contributed by atoms with van der Waals surface area (Å²) in [6, 6.07) is -0.324. The molecule has 2 heterocycles. The number of aromatic nitrogens is 2. The summed E-state index contributed by atoms with van der Waals surface area (Å²) < 4.78 is 1.48. The van der Waals surface area contributed by atoms with Gasteiger partial charge in [0.05, 0.1) is 29.4 Å². The molecule has 8 nitrogen and oxygen atoms in total. The zero-order chi connectivity index (χ0) is 17.9. The number of likely N-dealkylation sites (N-methyl/N-ethyl adjacent to an activating group) is 1. The lowest BCUT2D eigenvalue weighted by atomic mass is 10.0. The van der Waals surface area contributed by atoms with Gasteiger partial charge in [-0.25, -0.2) is 0 Å². The van der Waals surface area contributed by atoms with Crippen LogP contribution >= 0.6 is 11.6 Å². The zero-order valence-electron chi connectivity index (χ0n) is 14.2. The molecule has 1 saturated heterocycles. The number of rotatable bonds is 5. The van der Waals surface area contributed by atoms with E-state index in [2.05, 4.69) is 10.4 Å². The van der Waals surface area contributed by atoms with Crippen molar-refractivity contribution in [1.82, 2.24) is 24.9 Å². The monoisotopic (exact) mass is 357 g/mol. The smallest absolute Gasteiger partial charge is 0.242 e. The maximum Gasteiger partial charge on any atom is 0.242 e. The molecule has 24 heavy (non-hydrogen) atoms. The van der Waals surface area contributed by atoms with Gasteiger partial charge in [0, 0.05) is 33.4 Å². The Morgan fingerprint density at radius 1 is 1.46 bits per heavy atom. The fourth-order valence-corrected chi connectivity index (χ4v) is 2.77. The minimum atomic E-state index is -0.708. The van der Waals surface area contributed by atoms with Crippen LogP contribution in [-0.4, -0.2) is 82.4 Å². The van der Waals surface area contributed by atoms with Gasteiger partial charge in [0.1, 0.15) is 6.54 Å². The van der Waals surface area contributed by atoms with E-state index in [0.29, 0.717) is 30.2 Å². The summed E-state index contributed by atoms with van der Waals surface area (Å²) in [4.78, 5) is 27.2. The van der Waals surface area contributed by atoms with Gasteiger partial charge in [-0.2, -0.15) is 5.10 Å². The van der Waals surface area contributed by atoms with Crippen molar-refractivity contribution in [2.75, 3.05) is 33.7 Å². The zero-order valence-corrected chi connectivity index (χ0v) is 15.0. The van der Waals surface area contributed by atoms with Crippen LogP contribution in [0.3, 0.4) is 0 Å². The first kappa shape index (κ1) is 18.7. The molecular formula is C15H24ClN5O3. The normalized spacial score (nSPS) is 21.5. The number of aliphatic hydroxyl groups is 1. The molecule has 0 saturated carbocycles. The van der Waals surface area contributed by atoms with Crippen LogP contribution in [0.15, 0.2) is 6.20 Å². The number of piperidine rings is 1. The number of aliphatic hydroxyl groups excluding tert-OH is 1. The van der Waals surface area contributed by atoms with Crippen LogP contribution < -0.4 is 5.32 Å². The summed E-state index contributed by atoms with van der Waals surface area (Å²) in [6.07, 6.45) is 1.48. The van der Waals surface area contributed by atoms with E-state index < -0.39 is 6.10 Å². The summed E-state index contributed by atoms with van der Waals surface area (Å²) in [5.74, 6) is -0.230. The molecule has 0 bridgehead atoms. The number of carbonyl (C=O) groups excluding carboxylic acids is 2. The first-order valence-corrected chi connectivity index (χ1v) is 8.23. The number of β-amino-alcohol motifs (C(OH)–C–C–N with tert-alkyl or cyclic N) is 1. The summed E-state index contributed by atoms with van der Waals surface area (Å²) in [6.45, 7) is 3.10. The number of carbonyl (C=O) groups is 2. The number of nitrogens with one attached hydrogen (secondary N) is 1. The van der Waals surface area contributed by atoms with E-state index in [4.69, 9.17) is 11.6 Å². The van der Waals surface area contributed by atoms with Crippen molar-refractivity contribution in [3.05, 3.63) is 16.9 Å². The number of hydrogen-bond donors (Lipinski definition) is 2. The molecule has 2 atom stereocenters. The second kappa shape index (κ2) is 7.96. The van der Waals surface area contributed by atoms with Gasteiger partial charge in [-0.15, -0.1) is 0 Å². The van der Waals surface area contributed by atoms with Gasteiger partial charge in [0.25, 0.3) is 0 Å². The van der Waals surface area contributed by atoms with Crippen molar-refractivity contribution >= 4 is 23.4 Å². The van der Waals surface area contributed by atoms with E-state index in [9.17, 15) is 14.7 Å². The Balaban J connectivity index is 1.81. The third-order valence-corrected chi connectivity index (χ3v) is 4.43. The van der Waals surface area contributed by atoms with Gasteiger partial charge in [-0.1, -0.05) is 11.6 Å². The number of nitrogens with zero attached hydrogens (tertiary/aromatic N) is 4. The molecule has 1 aromatic heterocycles. The lowest BCUT2D eigenvalue weighted by molar-refractivity contribution is -0.131. The summed E-state index contributed by atoms with van der Waals surface area (Å²) in [5, 5.41) is 17.7. The Morgan fingerprint density at radius 3 is 2.71 bits per heavy atom. The Labute approximate surface area is 146 Å². The van der Waals surface area contributed by atoms with Crippen LogP contribution in [0.1, 0.15) is 12.1 Å². The standard InChI is InChI=1S/C15H24ClN5O3/c1-10-11(16)6-21(18-10)8-14(23)17-12-4-5-20(7-13(12)22)9-15(24)19(2)3/h6,12-13,22H,4-5,7-9H2,1-3H3,(H,17,23)/t12-,13-/m1/s1. The van der Waals surface area contributed by atoms with Crippen molar-refractivity contribution in [3.8, 4) is 0 Å². The Hall–Kier alpha value is -1.64. The van der Waals surface area contributed by atoms with Gasteiger partial charge in [0.15, 0.2) is 0 Å². The molecule has 9 heteroatoms. The lowest BCUT2D eigenvalue weighted by Crippen LogP contribution is -2.55. The third-order valence-electron chi connectivity index (χ3n) is 4.06. The summed E-state index contributed by atoms with van der Waals surface area (Å²) in [7, 11) is 3.41. The molecule has 1 aliphatic heterocycles. The Morgan fingerprint density at radius 2 is 2.17 bits per heavy atom. The van der Waals surface area contributed by atoms with Crippen molar-refractivity contribution in [2.45, 2.75) is 32.0 Å². The van der Waals surface area contributed by atoms with Crippen molar-refractivity contribution in [3.63, 3.8) is 0 Å². The van der Waals surface area contributed by atoms with E-state index in [0.717, 1.165) is 0 Å². The van der Waals surface area contributed by atoms with Crippen molar-refractivity contribution in [2.24, 2.45) is 0 Å². The average molecular weight is 358 g/mol. The Bertz CT molecular complexity index is 584. The highest BCUT2D eigenvalue weighted by Crippen LogP contribution is 2.13. The molecule has 2 amide bonds. The molecule has 2 N–H and O–H groups in total. The third kappa shape index (κ3) is 4.93. The minimum Gasteiger partial charge on any atom is -0.390 e. The highest BCUT2D eigenvalue weighted by Gasteiger charge is 2.29. The SMILES string of the molecule is Cc1nn(CC(=O)N[C@@H]2CCN(CC(=O)N(C)C)C[C@H]2O)cc1Cl. The molecule has 1 fully saturated rings. The number of halogens is 1. The maximum absolute atomic E-state index is 12.1. The molecule has 0 aliphatic carbocycles. The van der Waals surface area contributed by atoms with Crippen LogP contribution in [0.25, 0.3) is 0 Å². The summed E-state index contributed by atoms with van der Waals surface area (Å²) in [5.41, 5.74) is 0.670. The van der Waals surface area contributed by atoms with Crippen LogP contribution in [0.5, 0.6) is 0 Å². The fourth-order valence-electron chi connectivity index (χ4n) is 2.62. The molecule has 2 rings (SSSR count). The van der Waals surface area contributed by atoms with E-state index in [-0.39, 0.29) is 30.9 Å². The average Bonchev–Trinajstić information content (AvgIpc) is 2.79. The summed E-state index contributed by atoms with van der Waals surface area (Å²) >= 11 is 5.92. The van der Waals surface area contributed by atoms with Crippen molar-refractivity contribution in [1.29, 1.82) is 0 Å². The van der Waals surface area contributed by atoms with Gasteiger partial charge in [-0.05, 0) is 13.3 Å². The van der Waals surface area contributed by atoms with Gasteiger partial charge < -0.3 is 15.3 Å². The topological polar surface area (TPSA) is 90.7 Å². The predicted octanol–water partition coefficient (Wildman–Crippen LogP) is -0.515. The maximum atomic E-state index is 12.1. The number of likely N-dealkylation sites (tertiary alicyclic amines) is 1. The van der Waals surface area contributed by atoms with E-state index in [1.54, 1.807) is 27.2 Å². The quantitative estimate of drug-likeness (QED) is 0.740. The van der Waals surface area contributed by atoms with Gasteiger partial charge in [-0.3, -0.25) is 19.2 Å². The molecule has 0 radical (unpaired) electrons. The number of amides is 2. The first-order valence-electron chi connectivity index (χ1n) is 7.85. The van der Waals surface area contributed by atoms with Gasteiger partial charge in [0.2, 0.25) is 11.8 Å². The largest absolute Gasteiger partial charge is 0.390 e. The van der Waals surface area contributed by atoms with E-state index in [1.165, 1.54) is 9.58 Å². The highest BCUT2D eigenvalue weighted by molar-refractivity contribution is 6.31. The second-order valence-corrected chi connectivity index (χ2v) is 6.72. The molecular weight excluding hydrogens is 334 g/mol. The van der Waals surface area contributed by atoms with Crippen LogP contribution in [0, 0.1) is 6.92 Å². The molecule has 0 unspecified atom stereocenters. The predicted molar refractivity (Wildman–Crippen MR) is 89.7 cm³/mol. The van der Waals surface area contributed by atoms with Crippen LogP contribution in [-0.2, 0) is 16.1 Å². The van der Waals surface area contributed by atoms with Crippen molar-refractivity contribution < 1.29 is 14.7 Å². The van der Waals surface area contributed by atoms with Gasteiger partial charge >= 0.3 is 0 Å². The first-order chi connectivity index (χ1) is 11.3. The molecule has 134 valence electrons. The van der Waals surface area contributed by atoms with E-state index >= 15 is 0 Å². The molecule has 0 spiro atoms.